The molecule has 1 aromatic rings. The quantitative estimate of drug-likeness (QED) is 0.273. The van der Waals surface area contributed by atoms with E-state index in [4.69, 9.17) is 13.9 Å². The number of carbonyl (C=O) groups is 1. The average molecular weight is 413 g/mol. The monoisotopic (exact) mass is 413 g/mol. The van der Waals surface area contributed by atoms with Gasteiger partial charge in [0.2, 0.25) is 0 Å². The normalized spacial score (nSPS) is 13.0. The zero-order valence-corrected chi connectivity index (χ0v) is 18.8. The van der Waals surface area contributed by atoms with Crippen molar-refractivity contribution in [2.45, 2.75) is 65.6 Å². The van der Waals surface area contributed by atoms with Crippen LogP contribution in [0, 0.1) is 0 Å². The fourth-order valence-corrected chi connectivity index (χ4v) is 4.11. The van der Waals surface area contributed by atoms with Gasteiger partial charge in [-0.1, -0.05) is 63.1 Å². The van der Waals surface area contributed by atoms with E-state index in [1.807, 2.05) is 30.3 Å². The maximum atomic E-state index is 13.1. The second-order valence-electron chi connectivity index (χ2n) is 6.31. The standard InChI is InChI=1S/C17H26NO5P.C4H10/c1-5-13-17(4,24(20,22-6-2)23-7-3)16(19)18-21-14-15-11-9-8-10-12-15;1-3-4-2/h5,8-12H,1,6-7,13-14H2,2-4H3,(H,18,19);3-4H2,1-2H3. The second kappa shape index (κ2) is 14.5. The summed E-state index contributed by atoms with van der Waals surface area (Å²) in [5.41, 5.74) is 3.26. The van der Waals surface area contributed by atoms with Crippen LogP contribution in [0.2, 0.25) is 0 Å². The first-order valence-corrected chi connectivity index (χ1v) is 11.4. The number of hydrogen-bond donors (Lipinski definition) is 1. The molecule has 6 nitrogen and oxygen atoms in total. The van der Waals surface area contributed by atoms with Gasteiger partial charge >= 0.3 is 7.60 Å². The Hall–Kier alpha value is -1.46. The van der Waals surface area contributed by atoms with Crippen LogP contribution in [0.1, 0.15) is 59.4 Å². The Kier molecular flexibility index (Phi) is 13.8. The molecule has 0 spiro atoms. The van der Waals surface area contributed by atoms with Crippen molar-refractivity contribution in [1.29, 1.82) is 0 Å². The highest BCUT2D eigenvalue weighted by Gasteiger charge is 2.52. The van der Waals surface area contributed by atoms with Crippen LogP contribution < -0.4 is 5.48 Å². The van der Waals surface area contributed by atoms with Gasteiger partial charge in [0.25, 0.3) is 5.91 Å². The topological polar surface area (TPSA) is 73.9 Å². The maximum absolute atomic E-state index is 13.1. The van der Waals surface area contributed by atoms with Crippen molar-refractivity contribution < 1.29 is 23.2 Å². The molecule has 0 bridgehead atoms. The van der Waals surface area contributed by atoms with E-state index in [-0.39, 0.29) is 26.2 Å². The van der Waals surface area contributed by atoms with Gasteiger partial charge in [0.15, 0.2) is 5.16 Å². The van der Waals surface area contributed by atoms with Crippen LogP contribution in [0.3, 0.4) is 0 Å². The molecule has 0 saturated heterocycles. The third-order valence-electron chi connectivity index (χ3n) is 3.98. The largest absolute Gasteiger partial charge is 0.346 e. The van der Waals surface area contributed by atoms with Crippen molar-refractivity contribution in [3.05, 3.63) is 48.6 Å². The summed E-state index contributed by atoms with van der Waals surface area (Å²) in [4.78, 5) is 17.9. The van der Waals surface area contributed by atoms with Crippen LogP contribution in [0.4, 0.5) is 0 Å². The summed E-state index contributed by atoms with van der Waals surface area (Å²) in [7, 11) is -3.69. The molecule has 0 saturated carbocycles. The summed E-state index contributed by atoms with van der Waals surface area (Å²) < 4.78 is 23.8. The SMILES string of the molecule is C=CCC(C)(C(=O)NOCc1ccccc1)P(=O)(OCC)OCC.CCCC. The first-order chi connectivity index (χ1) is 13.3. The third-order valence-corrected chi connectivity index (χ3v) is 6.77. The van der Waals surface area contributed by atoms with Crippen molar-refractivity contribution in [1.82, 2.24) is 5.48 Å². The van der Waals surface area contributed by atoms with Gasteiger partial charge in [0.05, 0.1) is 19.8 Å². The fraction of sp³-hybridized carbons (Fsp3) is 0.571. The van der Waals surface area contributed by atoms with Crippen LogP contribution in [0.15, 0.2) is 43.0 Å². The minimum atomic E-state index is -3.69. The number of hydrogen-bond acceptors (Lipinski definition) is 5. The molecular weight excluding hydrogens is 377 g/mol. The van der Waals surface area contributed by atoms with E-state index in [9.17, 15) is 9.36 Å². The smallest absolute Gasteiger partial charge is 0.308 e. The average Bonchev–Trinajstić information content (AvgIpc) is 2.69. The van der Waals surface area contributed by atoms with Crippen LogP contribution >= 0.6 is 7.60 Å². The molecule has 1 unspecified atom stereocenters. The predicted octanol–water partition coefficient (Wildman–Crippen LogP) is 5.64. The summed E-state index contributed by atoms with van der Waals surface area (Å²) >= 11 is 0. The lowest BCUT2D eigenvalue weighted by molar-refractivity contribution is -0.137. The summed E-state index contributed by atoms with van der Waals surface area (Å²) in [6.07, 6.45) is 4.28. The van der Waals surface area contributed by atoms with E-state index in [1.54, 1.807) is 13.8 Å². The summed E-state index contributed by atoms with van der Waals surface area (Å²) in [6.45, 7) is 13.5. The van der Waals surface area contributed by atoms with Crippen LogP contribution in [0.5, 0.6) is 0 Å². The molecule has 0 radical (unpaired) electrons. The number of allylic oxidation sites excluding steroid dienone is 1. The molecule has 1 rings (SSSR count). The van der Waals surface area contributed by atoms with Crippen LogP contribution in [-0.4, -0.2) is 24.3 Å². The lowest BCUT2D eigenvalue weighted by Crippen LogP contribution is -2.45. The van der Waals surface area contributed by atoms with Crippen molar-refractivity contribution in [3.63, 3.8) is 0 Å². The molecule has 0 aliphatic carbocycles. The Morgan fingerprint density at radius 2 is 1.64 bits per heavy atom. The Labute approximate surface area is 170 Å². The molecule has 0 fully saturated rings. The zero-order chi connectivity index (χ0) is 21.5. The Morgan fingerprint density at radius 3 is 2.07 bits per heavy atom. The number of unbranched alkanes of at least 4 members (excludes halogenated alkanes) is 1. The van der Waals surface area contributed by atoms with Gasteiger partial charge in [-0.25, -0.2) is 5.48 Å². The molecule has 28 heavy (non-hydrogen) atoms. The van der Waals surface area contributed by atoms with Crippen LogP contribution in [0.25, 0.3) is 0 Å². The molecule has 0 aliphatic heterocycles. The Bertz CT molecular complexity index is 596. The van der Waals surface area contributed by atoms with Gasteiger partial charge in [0, 0.05) is 0 Å². The highest BCUT2D eigenvalue weighted by molar-refractivity contribution is 7.56. The van der Waals surface area contributed by atoms with Gasteiger partial charge in [-0.15, -0.1) is 6.58 Å². The zero-order valence-electron chi connectivity index (χ0n) is 17.9. The second-order valence-corrected chi connectivity index (χ2v) is 8.80. The van der Waals surface area contributed by atoms with Crippen molar-refractivity contribution in [3.8, 4) is 0 Å². The summed E-state index contributed by atoms with van der Waals surface area (Å²) in [5.74, 6) is -0.566. The molecular formula is C21H36NO5P. The van der Waals surface area contributed by atoms with Gasteiger partial charge in [0.1, 0.15) is 0 Å². The van der Waals surface area contributed by atoms with E-state index in [0.717, 1.165) is 5.56 Å². The highest BCUT2D eigenvalue weighted by Crippen LogP contribution is 2.61. The highest BCUT2D eigenvalue weighted by atomic mass is 31.2. The fourth-order valence-electron chi connectivity index (χ4n) is 2.14. The van der Waals surface area contributed by atoms with Gasteiger partial charge < -0.3 is 9.05 Å². The summed E-state index contributed by atoms with van der Waals surface area (Å²) in [6, 6.07) is 9.39. The van der Waals surface area contributed by atoms with Crippen molar-refractivity contribution in [2.75, 3.05) is 13.2 Å². The van der Waals surface area contributed by atoms with Crippen molar-refractivity contribution in [2.24, 2.45) is 0 Å². The maximum Gasteiger partial charge on any atom is 0.346 e. The number of nitrogens with one attached hydrogen (secondary N) is 1. The lowest BCUT2D eigenvalue weighted by atomic mass is 10.1. The van der Waals surface area contributed by atoms with E-state index < -0.39 is 18.7 Å². The van der Waals surface area contributed by atoms with Gasteiger partial charge in [-0.05, 0) is 32.8 Å². The van der Waals surface area contributed by atoms with E-state index in [0.29, 0.717) is 0 Å². The van der Waals surface area contributed by atoms with Gasteiger partial charge in [-0.2, -0.15) is 0 Å². The predicted molar refractivity (Wildman–Crippen MR) is 114 cm³/mol. The first-order valence-electron chi connectivity index (χ1n) is 9.81. The molecule has 0 aromatic heterocycles. The number of carbonyl (C=O) groups excluding carboxylic acids is 1. The van der Waals surface area contributed by atoms with E-state index >= 15 is 0 Å². The third kappa shape index (κ3) is 8.27. The lowest BCUT2D eigenvalue weighted by Gasteiger charge is -2.33. The number of benzene rings is 1. The molecule has 0 heterocycles. The van der Waals surface area contributed by atoms with Crippen LogP contribution in [-0.2, 0) is 29.9 Å². The van der Waals surface area contributed by atoms with E-state index in [1.165, 1.54) is 25.8 Å². The molecule has 160 valence electrons. The minimum absolute atomic E-state index is 0.130. The number of hydroxylamine groups is 1. The first kappa shape index (κ1) is 26.5. The Balaban J connectivity index is 0.00000165. The minimum Gasteiger partial charge on any atom is -0.308 e. The number of amides is 1. The molecule has 7 heteroatoms. The van der Waals surface area contributed by atoms with Gasteiger partial charge in [-0.3, -0.25) is 14.2 Å². The molecule has 1 atom stereocenters. The van der Waals surface area contributed by atoms with E-state index in [2.05, 4.69) is 25.9 Å². The molecule has 1 amide bonds. The molecule has 1 aromatic carbocycles. The van der Waals surface area contributed by atoms with Crippen molar-refractivity contribution >= 4 is 13.5 Å². The number of rotatable bonds is 12. The summed E-state index contributed by atoms with van der Waals surface area (Å²) in [5, 5.41) is -1.42. The Morgan fingerprint density at radius 1 is 1.11 bits per heavy atom. The molecule has 1 N–H and O–H groups in total. The molecule has 0 aliphatic rings.